The maximum atomic E-state index is 12.4. The van der Waals surface area contributed by atoms with E-state index in [-0.39, 0.29) is 11.8 Å². The normalized spacial score (nSPS) is 18.6. The molecule has 1 aromatic heterocycles. The Morgan fingerprint density at radius 3 is 2.58 bits per heavy atom. The third-order valence-electron chi connectivity index (χ3n) is 3.97. The van der Waals surface area contributed by atoms with Gasteiger partial charge in [-0.1, -0.05) is 0 Å². The minimum atomic E-state index is 0.000372. The number of nitrogens with one attached hydrogen (secondary N) is 1. The highest BCUT2D eigenvalue weighted by atomic mass is 16.2. The second-order valence-corrected chi connectivity index (χ2v) is 5.22. The molecule has 2 aliphatic heterocycles. The first-order valence-corrected chi connectivity index (χ1v) is 6.77. The molecule has 0 spiro atoms. The topological polar surface area (TPSA) is 69.3 Å². The first-order valence-electron chi connectivity index (χ1n) is 6.77. The average molecular weight is 262 g/mol. The Balaban J connectivity index is 1.86. The molecule has 0 unspecified atom stereocenters. The van der Waals surface area contributed by atoms with E-state index in [1.165, 1.54) is 0 Å². The second kappa shape index (κ2) is 4.68. The quantitative estimate of drug-likeness (QED) is 0.803. The predicted molar refractivity (Wildman–Crippen MR) is 68.5 cm³/mol. The van der Waals surface area contributed by atoms with Gasteiger partial charge in [-0.2, -0.15) is 5.10 Å². The van der Waals surface area contributed by atoms with E-state index in [0.717, 1.165) is 43.6 Å². The molecule has 0 atom stereocenters. The number of aromatic amines is 1. The maximum absolute atomic E-state index is 12.4. The van der Waals surface area contributed by atoms with Crippen molar-refractivity contribution in [2.24, 2.45) is 0 Å². The highest BCUT2D eigenvalue weighted by molar-refractivity contribution is 5.94. The van der Waals surface area contributed by atoms with E-state index < -0.39 is 0 Å². The monoisotopic (exact) mass is 262 g/mol. The number of carbonyl (C=O) groups is 2. The fourth-order valence-electron chi connectivity index (χ4n) is 2.81. The van der Waals surface area contributed by atoms with Gasteiger partial charge in [-0.15, -0.1) is 0 Å². The van der Waals surface area contributed by atoms with Crippen LogP contribution in [0.5, 0.6) is 0 Å². The lowest BCUT2D eigenvalue weighted by Gasteiger charge is -2.26. The van der Waals surface area contributed by atoms with Gasteiger partial charge in [0.15, 0.2) is 5.69 Å². The zero-order valence-corrected chi connectivity index (χ0v) is 11.1. The smallest absolute Gasteiger partial charge is 0.274 e. The van der Waals surface area contributed by atoms with Crippen molar-refractivity contribution in [1.82, 2.24) is 20.0 Å². The maximum Gasteiger partial charge on any atom is 0.274 e. The molecule has 3 heterocycles. The van der Waals surface area contributed by atoms with Gasteiger partial charge in [-0.25, -0.2) is 0 Å². The van der Waals surface area contributed by atoms with E-state index in [9.17, 15) is 9.59 Å². The van der Waals surface area contributed by atoms with Gasteiger partial charge in [0.25, 0.3) is 5.91 Å². The Morgan fingerprint density at radius 2 is 1.89 bits per heavy atom. The Hall–Kier alpha value is -1.85. The summed E-state index contributed by atoms with van der Waals surface area (Å²) in [5, 5.41) is 7.14. The lowest BCUT2D eigenvalue weighted by atomic mass is 10.0. The average Bonchev–Trinajstić information content (AvgIpc) is 3.06. The Labute approximate surface area is 111 Å². The van der Waals surface area contributed by atoms with Gasteiger partial charge in [-0.3, -0.25) is 14.7 Å². The van der Waals surface area contributed by atoms with Crippen LogP contribution >= 0.6 is 0 Å². The summed E-state index contributed by atoms with van der Waals surface area (Å²) in [7, 11) is 0. The molecule has 1 N–H and O–H groups in total. The summed E-state index contributed by atoms with van der Waals surface area (Å²) in [6.07, 6.45) is 2.88. The van der Waals surface area contributed by atoms with Crippen molar-refractivity contribution in [2.45, 2.75) is 32.7 Å². The molecule has 6 heteroatoms. The lowest BCUT2D eigenvalue weighted by Crippen LogP contribution is -2.35. The summed E-state index contributed by atoms with van der Waals surface area (Å²) in [5.74, 6) is 0.0480. The lowest BCUT2D eigenvalue weighted by molar-refractivity contribution is -0.129. The number of carbonyl (C=O) groups excluding carboxylic acids is 2. The molecular weight excluding hydrogens is 244 g/mol. The number of aromatic nitrogens is 2. The Kier molecular flexibility index (Phi) is 3.00. The predicted octanol–water partition coefficient (Wildman–Crippen LogP) is 0.550. The highest BCUT2D eigenvalue weighted by Crippen LogP contribution is 2.22. The molecule has 1 aromatic rings. The highest BCUT2D eigenvalue weighted by Gasteiger charge is 2.29. The van der Waals surface area contributed by atoms with E-state index >= 15 is 0 Å². The van der Waals surface area contributed by atoms with Crippen molar-refractivity contribution in [3.05, 3.63) is 17.0 Å². The summed E-state index contributed by atoms with van der Waals surface area (Å²) < 4.78 is 0. The molecule has 19 heavy (non-hydrogen) atoms. The second-order valence-electron chi connectivity index (χ2n) is 5.22. The van der Waals surface area contributed by atoms with Crippen LogP contribution in [0, 0.1) is 0 Å². The van der Waals surface area contributed by atoms with E-state index in [1.54, 1.807) is 11.8 Å². The molecular formula is C13H18N4O2. The van der Waals surface area contributed by atoms with Crippen LogP contribution < -0.4 is 0 Å². The van der Waals surface area contributed by atoms with Crippen LogP contribution in [0.25, 0.3) is 0 Å². The summed E-state index contributed by atoms with van der Waals surface area (Å²) in [5.41, 5.74) is 2.40. The van der Waals surface area contributed by atoms with Crippen molar-refractivity contribution < 1.29 is 9.59 Å². The molecule has 0 radical (unpaired) electrons. The van der Waals surface area contributed by atoms with Gasteiger partial charge in [-0.05, 0) is 12.8 Å². The number of rotatable bonds is 1. The van der Waals surface area contributed by atoms with Gasteiger partial charge in [0, 0.05) is 50.8 Å². The van der Waals surface area contributed by atoms with Crippen LogP contribution in [0.3, 0.4) is 0 Å². The summed E-state index contributed by atoms with van der Waals surface area (Å²) in [6.45, 7) is 4.39. The van der Waals surface area contributed by atoms with Gasteiger partial charge in [0.2, 0.25) is 5.91 Å². The van der Waals surface area contributed by atoms with Crippen LogP contribution in [0.2, 0.25) is 0 Å². The van der Waals surface area contributed by atoms with Gasteiger partial charge in [0.05, 0.1) is 0 Å². The molecule has 3 rings (SSSR count). The van der Waals surface area contributed by atoms with Crippen LogP contribution in [0.1, 0.15) is 41.5 Å². The first kappa shape index (κ1) is 12.2. The van der Waals surface area contributed by atoms with E-state index in [2.05, 4.69) is 10.2 Å². The number of hydrogen-bond acceptors (Lipinski definition) is 3. The van der Waals surface area contributed by atoms with Crippen molar-refractivity contribution in [2.75, 3.05) is 19.6 Å². The molecule has 2 amide bonds. The summed E-state index contributed by atoms with van der Waals surface area (Å²) >= 11 is 0. The molecule has 1 fully saturated rings. The van der Waals surface area contributed by atoms with E-state index in [4.69, 9.17) is 0 Å². The minimum Gasteiger partial charge on any atom is -0.338 e. The number of H-pyrrole nitrogens is 1. The largest absolute Gasteiger partial charge is 0.338 e. The molecule has 102 valence electrons. The van der Waals surface area contributed by atoms with E-state index in [1.807, 2.05) is 4.90 Å². The van der Waals surface area contributed by atoms with Gasteiger partial charge in [0.1, 0.15) is 0 Å². The standard InChI is InChI=1S/C13H18N4O2/c1-9(18)17-7-4-11-10(8-17)12(15-14-11)13(19)16-5-2-3-6-16/h2-8H2,1H3,(H,14,15). The van der Waals surface area contributed by atoms with Crippen molar-refractivity contribution in [3.8, 4) is 0 Å². The number of likely N-dealkylation sites (tertiary alicyclic amines) is 1. The van der Waals surface area contributed by atoms with E-state index in [0.29, 0.717) is 18.8 Å². The fraction of sp³-hybridized carbons (Fsp3) is 0.615. The molecule has 6 nitrogen and oxygen atoms in total. The zero-order valence-electron chi connectivity index (χ0n) is 11.1. The molecule has 1 saturated heterocycles. The minimum absolute atomic E-state index is 0.000372. The van der Waals surface area contributed by atoms with Gasteiger partial charge < -0.3 is 9.80 Å². The molecule has 0 aliphatic carbocycles. The SMILES string of the molecule is CC(=O)N1CCc2[nH]nc(C(=O)N3CCCC3)c2C1. The first-order chi connectivity index (χ1) is 9.16. The summed E-state index contributed by atoms with van der Waals surface area (Å²) in [4.78, 5) is 27.5. The van der Waals surface area contributed by atoms with Gasteiger partial charge >= 0.3 is 0 Å². The number of nitrogens with zero attached hydrogens (tertiary/aromatic N) is 3. The van der Waals surface area contributed by atoms with Crippen LogP contribution in [-0.4, -0.2) is 51.4 Å². The van der Waals surface area contributed by atoms with Crippen molar-refractivity contribution in [3.63, 3.8) is 0 Å². The van der Waals surface area contributed by atoms with Crippen LogP contribution in [0.4, 0.5) is 0 Å². The number of hydrogen-bond donors (Lipinski definition) is 1. The molecule has 0 bridgehead atoms. The molecule has 0 saturated carbocycles. The molecule has 2 aliphatic rings. The summed E-state index contributed by atoms with van der Waals surface area (Å²) in [6, 6.07) is 0. The molecule has 0 aromatic carbocycles. The van der Waals surface area contributed by atoms with Crippen LogP contribution in [-0.2, 0) is 17.8 Å². The zero-order chi connectivity index (χ0) is 13.4. The number of fused-ring (bicyclic) bond motifs is 1. The Morgan fingerprint density at radius 1 is 1.16 bits per heavy atom. The third kappa shape index (κ3) is 2.11. The third-order valence-corrected chi connectivity index (χ3v) is 3.97. The fourth-order valence-corrected chi connectivity index (χ4v) is 2.81. The van der Waals surface area contributed by atoms with Crippen molar-refractivity contribution >= 4 is 11.8 Å². The Bertz CT molecular complexity index is 517. The van der Waals surface area contributed by atoms with Crippen molar-refractivity contribution in [1.29, 1.82) is 0 Å². The number of amides is 2. The van der Waals surface area contributed by atoms with Crippen LogP contribution in [0.15, 0.2) is 0 Å².